The molecule has 2 N–H and O–H groups in total. The van der Waals surface area contributed by atoms with Gasteiger partial charge in [0.25, 0.3) is 6.43 Å². The van der Waals surface area contributed by atoms with E-state index in [9.17, 15) is 13.6 Å². The van der Waals surface area contributed by atoms with E-state index in [0.29, 0.717) is 10.0 Å². The number of nitrogens with zero attached hydrogens (tertiary/aromatic N) is 2. The van der Waals surface area contributed by atoms with E-state index in [1.807, 2.05) is 0 Å². The number of carboxylic acids is 1. The molecule has 1 aromatic rings. The Morgan fingerprint density at radius 3 is 2.46 bits per heavy atom. The van der Waals surface area contributed by atoms with Crippen molar-refractivity contribution in [1.29, 1.82) is 0 Å². The summed E-state index contributed by atoms with van der Waals surface area (Å²) in [6, 6.07) is 4.84. The van der Waals surface area contributed by atoms with E-state index >= 15 is 0 Å². The average molecular weight is 411 g/mol. The smallest absolute Gasteiger partial charge is 0.314 e. The molecule has 10 heteroatoms. The summed E-state index contributed by atoms with van der Waals surface area (Å²) in [6.07, 6.45) is -3.09. The molecule has 3 unspecified atom stereocenters. The first-order chi connectivity index (χ1) is 12.1. The molecule has 2 rings (SSSR count). The maximum Gasteiger partial charge on any atom is 0.314 e. The highest BCUT2D eigenvalue weighted by Crippen LogP contribution is 2.30. The van der Waals surface area contributed by atoms with Crippen molar-refractivity contribution in [2.45, 2.75) is 25.5 Å². The average Bonchev–Trinajstić information content (AvgIpc) is 2.93. The number of aliphatic carboxylic acids is 1. The lowest BCUT2D eigenvalue weighted by molar-refractivity contribution is -0.139. The second kappa shape index (κ2) is 10.0. The van der Waals surface area contributed by atoms with Gasteiger partial charge in [0.2, 0.25) is 0 Å². The van der Waals surface area contributed by atoms with Gasteiger partial charge in [-0.2, -0.15) is 5.10 Å². The van der Waals surface area contributed by atoms with Crippen LogP contribution in [0.3, 0.4) is 0 Å². The fraction of sp³-hybridized carbons (Fsp3) is 0.500. The summed E-state index contributed by atoms with van der Waals surface area (Å²) in [7, 11) is 3.03. The summed E-state index contributed by atoms with van der Waals surface area (Å²) in [5.74, 6) is -2.41. The number of alkyl halides is 2. The van der Waals surface area contributed by atoms with Gasteiger partial charge in [0.15, 0.2) is 0 Å². The van der Waals surface area contributed by atoms with Crippen LogP contribution < -0.4 is 0 Å². The van der Waals surface area contributed by atoms with Crippen molar-refractivity contribution in [3.8, 4) is 0 Å². The van der Waals surface area contributed by atoms with Crippen LogP contribution in [0.25, 0.3) is 5.73 Å². The van der Waals surface area contributed by atoms with Crippen LogP contribution >= 0.6 is 23.2 Å². The number of ether oxygens (including phenoxy) is 1. The Kier molecular flexibility index (Phi) is 8.69. The Bertz CT molecular complexity index is 660. The van der Waals surface area contributed by atoms with E-state index in [-0.39, 0.29) is 18.7 Å². The molecule has 1 aromatic carbocycles. The Balaban J connectivity index is 0.000000263. The van der Waals surface area contributed by atoms with Gasteiger partial charge in [-0.05, 0) is 17.7 Å². The van der Waals surface area contributed by atoms with Crippen LogP contribution in [0.4, 0.5) is 8.78 Å². The van der Waals surface area contributed by atoms with Crippen molar-refractivity contribution in [3.05, 3.63) is 39.5 Å². The lowest BCUT2D eigenvalue weighted by Gasteiger charge is -2.26. The lowest BCUT2D eigenvalue weighted by atomic mass is 10.0. The molecular weight excluding hydrogens is 391 g/mol. The summed E-state index contributed by atoms with van der Waals surface area (Å²) in [4.78, 5) is 10.4. The molecule has 0 amide bonds. The first-order valence-electron chi connectivity index (χ1n) is 7.57. The minimum absolute atomic E-state index is 0.0228. The monoisotopic (exact) mass is 410 g/mol. The van der Waals surface area contributed by atoms with Gasteiger partial charge in [-0.3, -0.25) is 9.80 Å². The molecule has 1 aliphatic rings. The first-order valence-corrected chi connectivity index (χ1v) is 8.33. The first kappa shape index (κ1) is 22.6. The van der Waals surface area contributed by atoms with Crippen molar-refractivity contribution in [2.24, 2.45) is 11.0 Å². The highest BCUT2D eigenvalue weighted by atomic mass is 35.5. The van der Waals surface area contributed by atoms with E-state index in [1.54, 1.807) is 32.2 Å². The van der Waals surface area contributed by atoms with Gasteiger partial charge in [-0.1, -0.05) is 36.2 Å². The highest BCUT2D eigenvalue weighted by molar-refractivity contribution is 6.35. The molecular formula is C16H20Cl2F2N3O3-. The molecule has 6 nitrogen and oxygen atoms in total. The number of benzene rings is 1. The topological polar surface area (TPSA) is 85.9 Å². The van der Waals surface area contributed by atoms with Crippen molar-refractivity contribution >= 4 is 34.9 Å². The van der Waals surface area contributed by atoms with Crippen LogP contribution in [0, 0.1) is 5.92 Å². The number of hydrogen-bond donors (Lipinski definition) is 1. The van der Waals surface area contributed by atoms with Crippen LogP contribution in [0.15, 0.2) is 23.3 Å². The number of nitrogens with one attached hydrogen (secondary N) is 1. The minimum Gasteiger partial charge on any atom is -0.672 e. The van der Waals surface area contributed by atoms with Crippen molar-refractivity contribution < 1.29 is 23.4 Å². The molecule has 146 valence electrons. The van der Waals surface area contributed by atoms with Gasteiger partial charge < -0.3 is 15.6 Å². The third kappa shape index (κ3) is 6.05. The van der Waals surface area contributed by atoms with Crippen LogP contribution in [0.1, 0.15) is 18.6 Å². The Hall–Kier alpha value is -1.48. The molecule has 0 spiro atoms. The summed E-state index contributed by atoms with van der Waals surface area (Å²) < 4.78 is 29.4. The largest absolute Gasteiger partial charge is 0.672 e. The quantitative estimate of drug-likeness (QED) is 0.780. The van der Waals surface area contributed by atoms with Gasteiger partial charge in [0, 0.05) is 24.2 Å². The SMILES string of the molecule is CN1CC(C(=O)O)C(C(F)F)=N1.COC(c1ccc(Cl)cc1Cl)C(C)[NH-]. The van der Waals surface area contributed by atoms with Crippen LogP contribution in [-0.4, -0.2) is 55.0 Å². The number of halogens is 4. The molecule has 0 saturated heterocycles. The Morgan fingerprint density at radius 2 is 2.08 bits per heavy atom. The molecule has 26 heavy (non-hydrogen) atoms. The Labute approximate surface area is 160 Å². The van der Waals surface area contributed by atoms with Crippen molar-refractivity contribution in [2.75, 3.05) is 20.7 Å². The number of carboxylic acid groups (broad SMARTS) is 1. The number of carbonyl (C=O) groups is 1. The van der Waals surface area contributed by atoms with Crippen molar-refractivity contribution in [1.82, 2.24) is 5.01 Å². The van der Waals surface area contributed by atoms with Crippen LogP contribution in [0.2, 0.25) is 10.0 Å². The highest BCUT2D eigenvalue weighted by Gasteiger charge is 2.36. The zero-order valence-corrected chi connectivity index (χ0v) is 15.9. The lowest BCUT2D eigenvalue weighted by Crippen LogP contribution is -2.29. The van der Waals surface area contributed by atoms with E-state index in [4.69, 9.17) is 38.8 Å². The fourth-order valence-electron chi connectivity index (χ4n) is 2.40. The predicted octanol–water partition coefficient (Wildman–Crippen LogP) is 4.38. The minimum atomic E-state index is -2.78. The normalized spacial score (nSPS) is 18.9. The Morgan fingerprint density at radius 1 is 1.46 bits per heavy atom. The summed E-state index contributed by atoms with van der Waals surface area (Å²) in [6.45, 7) is 1.79. The fourth-order valence-corrected chi connectivity index (χ4v) is 2.91. The third-order valence-corrected chi connectivity index (χ3v) is 4.15. The summed E-state index contributed by atoms with van der Waals surface area (Å²) in [5, 5.41) is 14.3. The maximum absolute atomic E-state index is 12.1. The molecule has 0 aromatic heterocycles. The van der Waals surface area contributed by atoms with Crippen LogP contribution in [-0.2, 0) is 9.53 Å². The van der Waals surface area contributed by atoms with Gasteiger partial charge in [-0.25, -0.2) is 8.78 Å². The standard InChI is InChI=1S/C10H12Cl2NO.C6H8F2N2O2/c1-6(13)10(14-2)8-4-3-7(11)5-9(8)12;1-10-2-3(6(11)12)4(9-10)5(7)8/h3-6,10,13H,1-2H3;3,5H,2H2,1H3,(H,11,12)/q-1;. The molecule has 0 fully saturated rings. The number of hydrogen-bond acceptors (Lipinski definition) is 4. The van der Waals surface area contributed by atoms with Gasteiger partial charge in [0.1, 0.15) is 11.6 Å². The zero-order valence-electron chi connectivity index (χ0n) is 14.4. The zero-order chi connectivity index (χ0) is 20.0. The van der Waals surface area contributed by atoms with Gasteiger partial charge >= 0.3 is 5.97 Å². The third-order valence-electron chi connectivity index (χ3n) is 3.59. The summed E-state index contributed by atoms with van der Waals surface area (Å²) in [5.41, 5.74) is 7.86. The molecule has 0 radical (unpaired) electrons. The van der Waals surface area contributed by atoms with E-state index < -0.39 is 24.0 Å². The molecule has 0 saturated carbocycles. The van der Waals surface area contributed by atoms with Crippen LogP contribution in [0.5, 0.6) is 0 Å². The predicted molar refractivity (Wildman–Crippen MR) is 97.2 cm³/mol. The molecule has 3 atom stereocenters. The van der Waals surface area contributed by atoms with Gasteiger partial charge in [-0.15, -0.1) is 6.04 Å². The van der Waals surface area contributed by atoms with E-state index in [1.165, 1.54) is 12.1 Å². The number of rotatable bonds is 5. The molecule has 1 aliphatic heterocycles. The second-order valence-corrected chi connectivity index (χ2v) is 6.51. The van der Waals surface area contributed by atoms with Gasteiger partial charge in [0.05, 0.1) is 12.6 Å². The number of hydrazone groups is 1. The summed E-state index contributed by atoms with van der Waals surface area (Å²) >= 11 is 11.8. The van der Waals surface area contributed by atoms with E-state index in [2.05, 4.69) is 5.10 Å². The maximum atomic E-state index is 12.1. The molecule has 0 bridgehead atoms. The molecule has 1 heterocycles. The number of methoxy groups -OCH3 is 1. The molecule has 0 aliphatic carbocycles. The second-order valence-electron chi connectivity index (χ2n) is 5.67. The van der Waals surface area contributed by atoms with Crippen molar-refractivity contribution in [3.63, 3.8) is 0 Å². The van der Waals surface area contributed by atoms with E-state index in [0.717, 1.165) is 5.56 Å².